The predicted octanol–water partition coefficient (Wildman–Crippen LogP) is 4.36. The molecule has 0 amide bonds. The fraction of sp³-hybridized carbons (Fsp3) is 0.158. The van der Waals surface area contributed by atoms with Gasteiger partial charge < -0.3 is 0 Å². The molecule has 0 atom stereocenters. The maximum Gasteiger partial charge on any atom is 0.416 e. The second-order valence-corrected chi connectivity index (χ2v) is 5.95. The van der Waals surface area contributed by atoms with Crippen molar-refractivity contribution in [3.8, 4) is 0 Å². The van der Waals surface area contributed by atoms with Crippen LogP contribution in [0.1, 0.15) is 23.4 Å². The Morgan fingerprint density at radius 3 is 2.48 bits per heavy atom. The van der Waals surface area contributed by atoms with Crippen LogP contribution in [0.25, 0.3) is 22.6 Å². The summed E-state index contributed by atoms with van der Waals surface area (Å²) in [5, 5.41) is 0.571. The molecule has 1 aliphatic rings. The molecule has 0 aliphatic carbocycles. The highest BCUT2D eigenvalue weighted by atomic mass is 19.4. The van der Waals surface area contributed by atoms with Gasteiger partial charge in [0, 0.05) is 6.54 Å². The summed E-state index contributed by atoms with van der Waals surface area (Å²) in [6.45, 7) is 0.526. The van der Waals surface area contributed by atoms with Gasteiger partial charge in [0.25, 0.3) is 5.56 Å². The zero-order chi connectivity index (χ0) is 17.6. The van der Waals surface area contributed by atoms with Crippen LogP contribution in [0.2, 0.25) is 0 Å². The van der Waals surface area contributed by atoms with Crippen molar-refractivity contribution in [1.82, 2.24) is 9.55 Å². The molecular formula is C19H13F3N2O. The Balaban J connectivity index is 1.78. The van der Waals surface area contributed by atoms with Gasteiger partial charge >= 0.3 is 6.18 Å². The van der Waals surface area contributed by atoms with E-state index in [-0.39, 0.29) is 5.56 Å². The highest BCUT2D eigenvalue weighted by molar-refractivity contribution is 5.84. The van der Waals surface area contributed by atoms with Crippen LogP contribution in [-0.2, 0) is 12.7 Å². The molecule has 2 heterocycles. The van der Waals surface area contributed by atoms with Gasteiger partial charge in [0.1, 0.15) is 5.82 Å². The van der Waals surface area contributed by atoms with Gasteiger partial charge in [-0.25, -0.2) is 4.98 Å². The fourth-order valence-electron chi connectivity index (χ4n) is 3.07. The van der Waals surface area contributed by atoms with Crippen LogP contribution in [0.15, 0.2) is 53.3 Å². The van der Waals surface area contributed by atoms with E-state index in [4.69, 9.17) is 0 Å². The molecule has 0 saturated heterocycles. The molecule has 0 radical (unpaired) electrons. The largest absolute Gasteiger partial charge is 0.416 e. The van der Waals surface area contributed by atoms with Crippen molar-refractivity contribution >= 4 is 22.6 Å². The molecule has 126 valence electrons. The van der Waals surface area contributed by atoms with Crippen LogP contribution >= 0.6 is 0 Å². The topological polar surface area (TPSA) is 34.9 Å². The lowest BCUT2D eigenvalue weighted by molar-refractivity contribution is -0.137. The molecule has 0 bridgehead atoms. The number of halogens is 3. The first-order valence-electron chi connectivity index (χ1n) is 7.81. The van der Waals surface area contributed by atoms with E-state index in [9.17, 15) is 18.0 Å². The van der Waals surface area contributed by atoms with E-state index in [1.54, 1.807) is 28.8 Å². The highest BCUT2D eigenvalue weighted by Gasteiger charge is 2.30. The zero-order valence-corrected chi connectivity index (χ0v) is 13.0. The number of benzene rings is 2. The molecule has 0 fully saturated rings. The minimum absolute atomic E-state index is 0.0866. The number of nitrogens with zero attached hydrogens (tertiary/aromatic N) is 2. The van der Waals surface area contributed by atoms with E-state index in [1.165, 1.54) is 12.1 Å². The van der Waals surface area contributed by atoms with Gasteiger partial charge in [0.2, 0.25) is 0 Å². The molecule has 6 heteroatoms. The molecule has 25 heavy (non-hydrogen) atoms. The van der Waals surface area contributed by atoms with Gasteiger partial charge in [0.15, 0.2) is 0 Å². The summed E-state index contributed by atoms with van der Waals surface area (Å²) in [7, 11) is 0. The maximum absolute atomic E-state index is 12.7. The first-order valence-corrected chi connectivity index (χ1v) is 7.81. The molecule has 0 unspecified atom stereocenters. The minimum atomic E-state index is -4.35. The van der Waals surface area contributed by atoms with Crippen molar-refractivity contribution in [2.24, 2.45) is 0 Å². The number of hydrogen-bond acceptors (Lipinski definition) is 2. The Hall–Kier alpha value is -2.89. The SMILES string of the molecule is O=c1c2ccccc2nc2n1CC/C2=C\c1ccc(C(F)(F)F)cc1. The zero-order valence-electron chi connectivity index (χ0n) is 13.0. The van der Waals surface area contributed by atoms with Crippen LogP contribution in [0, 0.1) is 0 Å². The van der Waals surface area contributed by atoms with Crippen LogP contribution in [0.4, 0.5) is 13.2 Å². The smallest absolute Gasteiger partial charge is 0.292 e. The highest BCUT2D eigenvalue weighted by Crippen LogP contribution is 2.31. The third kappa shape index (κ3) is 2.73. The number of aromatic nitrogens is 2. The molecule has 2 aromatic carbocycles. The summed E-state index contributed by atoms with van der Waals surface area (Å²) in [5.41, 5.74) is 1.36. The third-order valence-corrected chi connectivity index (χ3v) is 4.33. The minimum Gasteiger partial charge on any atom is -0.292 e. The number of hydrogen-bond donors (Lipinski definition) is 0. The van der Waals surface area contributed by atoms with Crippen LogP contribution in [0.5, 0.6) is 0 Å². The lowest BCUT2D eigenvalue weighted by Crippen LogP contribution is -2.20. The van der Waals surface area contributed by atoms with Gasteiger partial charge in [-0.2, -0.15) is 13.2 Å². The second kappa shape index (κ2) is 5.58. The van der Waals surface area contributed by atoms with Crippen LogP contribution < -0.4 is 5.56 Å². The van der Waals surface area contributed by atoms with Crippen LogP contribution in [0.3, 0.4) is 0 Å². The predicted molar refractivity (Wildman–Crippen MR) is 89.9 cm³/mol. The molecule has 4 rings (SSSR count). The monoisotopic (exact) mass is 342 g/mol. The van der Waals surface area contributed by atoms with Gasteiger partial charge in [-0.3, -0.25) is 9.36 Å². The Kier molecular flexibility index (Phi) is 3.49. The van der Waals surface area contributed by atoms with E-state index in [1.807, 2.05) is 6.07 Å². The van der Waals surface area contributed by atoms with E-state index in [2.05, 4.69) is 4.98 Å². The van der Waals surface area contributed by atoms with Crippen molar-refractivity contribution < 1.29 is 13.2 Å². The standard InChI is InChI=1S/C19H13F3N2O/c20-19(21,22)14-7-5-12(6-8-14)11-13-9-10-24-17(13)23-16-4-2-1-3-15(16)18(24)25/h1-8,11H,9-10H2/b13-11+. The van der Waals surface area contributed by atoms with Crippen molar-refractivity contribution in [2.75, 3.05) is 0 Å². The van der Waals surface area contributed by atoms with E-state index in [0.29, 0.717) is 35.3 Å². The molecule has 1 aliphatic heterocycles. The fourth-order valence-corrected chi connectivity index (χ4v) is 3.07. The van der Waals surface area contributed by atoms with Crippen molar-refractivity contribution in [1.29, 1.82) is 0 Å². The summed E-state index contributed by atoms with van der Waals surface area (Å²) in [4.78, 5) is 17.1. The van der Waals surface area contributed by atoms with Crippen LogP contribution in [-0.4, -0.2) is 9.55 Å². The summed E-state index contributed by atoms with van der Waals surface area (Å²) in [6.07, 6.45) is -1.93. The van der Waals surface area contributed by atoms with E-state index in [0.717, 1.165) is 17.7 Å². The lowest BCUT2D eigenvalue weighted by atomic mass is 10.1. The molecule has 3 aromatic rings. The Bertz CT molecular complexity index is 1050. The van der Waals surface area contributed by atoms with Crippen molar-refractivity contribution in [2.45, 2.75) is 19.1 Å². The normalized spacial score (nSPS) is 15.7. The lowest BCUT2D eigenvalue weighted by Gasteiger charge is -2.07. The number of fused-ring (bicyclic) bond motifs is 2. The van der Waals surface area contributed by atoms with E-state index < -0.39 is 11.7 Å². The van der Waals surface area contributed by atoms with Gasteiger partial charge in [-0.1, -0.05) is 24.3 Å². The summed E-state index contributed by atoms with van der Waals surface area (Å²) < 4.78 is 39.6. The number of para-hydroxylation sites is 1. The van der Waals surface area contributed by atoms with Crippen molar-refractivity contribution in [3.63, 3.8) is 0 Å². The molecular weight excluding hydrogens is 329 g/mol. The second-order valence-electron chi connectivity index (χ2n) is 5.95. The Morgan fingerprint density at radius 1 is 1.04 bits per heavy atom. The third-order valence-electron chi connectivity index (χ3n) is 4.33. The van der Waals surface area contributed by atoms with Gasteiger partial charge in [-0.05, 0) is 47.9 Å². The molecule has 0 saturated carbocycles. The van der Waals surface area contributed by atoms with E-state index >= 15 is 0 Å². The molecule has 3 nitrogen and oxygen atoms in total. The molecule has 0 spiro atoms. The van der Waals surface area contributed by atoms with Gasteiger partial charge in [0.05, 0.1) is 16.5 Å². The summed E-state index contributed by atoms with van der Waals surface area (Å²) in [6, 6.07) is 12.1. The number of rotatable bonds is 1. The molecule has 0 N–H and O–H groups in total. The summed E-state index contributed by atoms with van der Waals surface area (Å²) >= 11 is 0. The average Bonchev–Trinajstić information content (AvgIpc) is 2.98. The van der Waals surface area contributed by atoms with Crippen molar-refractivity contribution in [3.05, 3.63) is 75.8 Å². The number of allylic oxidation sites excluding steroid dienone is 1. The van der Waals surface area contributed by atoms with Gasteiger partial charge in [-0.15, -0.1) is 0 Å². The Labute approximate surface area is 141 Å². The maximum atomic E-state index is 12.7. The average molecular weight is 342 g/mol. The number of alkyl halides is 3. The molecule has 1 aromatic heterocycles. The Morgan fingerprint density at radius 2 is 1.76 bits per heavy atom. The first kappa shape index (κ1) is 15.6. The summed E-state index contributed by atoms with van der Waals surface area (Å²) in [5.74, 6) is 0.587. The first-order chi connectivity index (χ1) is 11.9. The quantitative estimate of drug-likeness (QED) is 0.659.